The molecule has 1 spiro atoms. The molecule has 2 fully saturated rings. The Kier molecular flexibility index (Phi) is 5.22. The zero-order chi connectivity index (χ0) is 25.2. The van der Waals surface area contributed by atoms with Crippen LogP contribution in [0.2, 0.25) is 0 Å². The molecule has 6 rings (SSSR count). The van der Waals surface area contributed by atoms with Gasteiger partial charge in [-0.3, -0.25) is 9.59 Å². The third kappa shape index (κ3) is 3.15. The molecule has 4 heterocycles. The van der Waals surface area contributed by atoms with Crippen molar-refractivity contribution in [3.8, 4) is 5.75 Å². The summed E-state index contributed by atoms with van der Waals surface area (Å²) in [4.78, 5) is 43.8. The van der Waals surface area contributed by atoms with E-state index in [0.29, 0.717) is 42.6 Å². The number of hydrogen-bond acceptors (Lipinski definition) is 7. The van der Waals surface area contributed by atoms with Crippen molar-refractivity contribution in [3.63, 3.8) is 0 Å². The number of nitrogens with zero attached hydrogens (tertiary/aromatic N) is 2. The third-order valence-corrected chi connectivity index (χ3v) is 7.79. The van der Waals surface area contributed by atoms with Crippen molar-refractivity contribution < 1.29 is 23.8 Å². The van der Waals surface area contributed by atoms with Crippen LogP contribution in [0.25, 0.3) is 0 Å². The van der Waals surface area contributed by atoms with E-state index in [-0.39, 0.29) is 34.8 Å². The number of rotatable bonds is 5. The summed E-state index contributed by atoms with van der Waals surface area (Å²) in [7, 11) is 1.23. The highest BCUT2D eigenvalue weighted by Gasteiger charge is 2.62. The molecule has 2 unspecified atom stereocenters. The summed E-state index contributed by atoms with van der Waals surface area (Å²) in [6, 6.07) is 9.00. The van der Waals surface area contributed by atoms with Crippen molar-refractivity contribution in [2.24, 2.45) is 11.7 Å². The molecule has 1 amide bonds. The van der Waals surface area contributed by atoms with Crippen LogP contribution in [-0.2, 0) is 31.0 Å². The van der Waals surface area contributed by atoms with Gasteiger partial charge in [0.1, 0.15) is 16.7 Å². The van der Waals surface area contributed by atoms with Crippen molar-refractivity contribution in [1.29, 1.82) is 0 Å². The molecule has 36 heavy (non-hydrogen) atoms. The smallest absolute Gasteiger partial charge is 0.340 e. The number of benzene rings is 1. The molecule has 188 valence electrons. The van der Waals surface area contributed by atoms with Gasteiger partial charge in [0.15, 0.2) is 0 Å². The number of pyridine rings is 1. The molecule has 9 heteroatoms. The monoisotopic (exact) mass is 491 g/mol. The third-order valence-electron chi connectivity index (χ3n) is 7.79. The number of nitrogens with two attached hydrogens (primary N) is 1. The fourth-order valence-corrected chi connectivity index (χ4v) is 5.90. The molecule has 1 saturated heterocycles. The first-order valence-electron chi connectivity index (χ1n) is 12.4. The Morgan fingerprint density at radius 2 is 1.97 bits per heavy atom. The first-order valence-corrected chi connectivity index (χ1v) is 12.4. The van der Waals surface area contributed by atoms with Crippen molar-refractivity contribution >= 4 is 17.6 Å². The number of aromatic nitrogens is 1. The molecule has 1 saturated carbocycles. The van der Waals surface area contributed by atoms with Gasteiger partial charge >= 0.3 is 5.97 Å². The van der Waals surface area contributed by atoms with Gasteiger partial charge in [0, 0.05) is 36.2 Å². The molecule has 0 radical (unpaired) electrons. The fraction of sp³-hybridized carbons (Fsp3) is 0.444. The Labute approximate surface area is 208 Å². The summed E-state index contributed by atoms with van der Waals surface area (Å²) in [5, 5.41) is 0. The number of para-hydroxylation sites is 1. The minimum absolute atomic E-state index is 0.0939. The molecule has 0 bridgehead atoms. The lowest BCUT2D eigenvalue weighted by molar-refractivity contribution is -0.138. The Hall–Kier alpha value is -3.59. The first-order chi connectivity index (χ1) is 17.4. The van der Waals surface area contributed by atoms with Gasteiger partial charge in [-0.25, -0.2) is 4.79 Å². The minimum Gasteiger partial charge on any atom is -0.465 e. The molecule has 3 aliphatic heterocycles. The van der Waals surface area contributed by atoms with Crippen LogP contribution in [0.15, 0.2) is 46.6 Å². The van der Waals surface area contributed by atoms with Crippen LogP contribution in [0.1, 0.15) is 42.5 Å². The predicted molar refractivity (Wildman–Crippen MR) is 131 cm³/mol. The van der Waals surface area contributed by atoms with Crippen molar-refractivity contribution in [1.82, 2.24) is 4.57 Å². The standard InChI is InChI=1S/C27H29N3O6/c1-15-12-20-21(24(31)29(15)14-17-6-5-11-35-17)27(22(23(28)36-20)25(32)34-2)18-7-3-4-8-19(18)30(26(27)33)13-16-9-10-16/h3-4,7-8,12,16-17H,5-6,9-11,13-14,28H2,1-2H3. The molecule has 9 nitrogen and oxygen atoms in total. The Morgan fingerprint density at radius 1 is 1.19 bits per heavy atom. The summed E-state index contributed by atoms with van der Waals surface area (Å²) >= 11 is 0. The van der Waals surface area contributed by atoms with Gasteiger partial charge in [-0.15, -0.1) is 0 Å². The summed E-state index contributed by atoms with van der Waals surface area (Å²) in [6.45, 7) is 3.33. The van der Waals surface area contributed by atoms with Crippen molar-refractivity contribution in [2.45, 2.75) is 50.7 Å². The number of esters is 1. The number of aryl methyl sites for hydroxylation is 1. The fourth-order valence-electron chi connectivity index (χ4n) is 5.90. The molecular formula is C27H29N3O6. The maximum atomic E-state index is 14.5. The summed E-state index contributed by atoms with van der Waals surface area (Å²) in [5.41, 5.74) is 5.97. The first kappa shape index (κ1) is 22.8. The quantitative estimate of drug-likeness (QED) is 0.638. The van der Waals surface area contributed by atoms with Gasteiger partial charge in [0.2, 0.25) is 11.8 Å². The highest BCUT2D eigenvalue weighted by molar-refractivity contribution is 6.18. The predicted octanol–water partition coefficient (Wildman–Crippen LogP) is 2.11. The topological polar surface area (TPSA) is 113 Å². The molecule has 4 aliphatic rings. The van der Waals surface area contributed by atoms with E-state index in [2.05, 4.69) is 0 Å². The number of carbonyl (C=O) groups is 2. The van der Waals surface area contributed by atoms with Crippen LogP contribution in [0, 0.1) is 12.8 Å². The second-order valence-corrected chi connectivity index (χ2v) is 10.0. The van der Waals surface area contributed by atoms with Gasteiger partial charge in [-0.2, -0.15) is 0 Å². The van der Waals surface area contributed by atoms with Gasteiger partial charge in [-0.1, -0.05) is 18.2 Å². The number of fused-ring (bicyclic) bond motifs is 4. The zero-order valence-corrected chi connectivity index (χ0v) is 20.4. The molecule has 1 aromatic carbocycles. The lowest BCUT2D eigenvalue weighted by atomic mass is 9.68. The molecule has 1 aliphatic carbocycles. The highest BCUT2D eigenvalue weighted by Crippen LogP contribution is 2.55. The normalized spacial score (nSPS) is 24.7. The van der Waals surface area contributed by atoms with Gasteiger partial charge in [0.25, 0.3) is 5.56 Å². The van der Waals surface area contributed by atoms with Gasteiger partial charge in [-0.05, 0) is 44.6 Å². The summed E-state index contributed by atoms with van der Waals surface area (Å²) in [6.07, 6.45) is 3.76. The second kappa shape index (κ2) is 8.23. The zero-order valence-electron chi connectivity index (χ0n) is 20.4. The van der Waals surface area contributed by atoms with Crippen LogP contribution < -0.4 is 20.9 Å². The van der Waals surface area contributed by atoms with E-state index in [1.165, 1.54) is 7.11 Å². The molecule has 2 aromatic rings. The number of anilines is 1. The number of amides is 1. The van der Waals surface area contributed by atoms with E-state index in [0.717, 1.165) is 25.7 Å². The lowest BCUT2D eigenvalue weighted by Gasteiger charge is -2.36. The van der Waals surface area contributed by atoms with Crippen LogP contribution in [0.5, 0.6) is 5.75 Å². The van der Waals surface area contributed by atoms with Crippen molar-refractivity contribution in [3.05, 3.63) is 69.0 Å². The van der Waals surface area contributed by atoms with E-state index >= 15 is 0 Å². The van der Waals surface area contributed by atoms with Crippen LogP contribution >= 0.6 is 0 Å². The second-order valence-electron chi connectivity index (χ2n) is 10.0. The largest absolute Gasteiger partial charge is 0.465 e. The number of hydrogen-bond donors (Lipinski definition) is 1. The van der Waals surface area contributed by atoms with Crippen LogP contribution in [0.4, 0.5) is 5.69 Å². The summed E-state index contributed by atoms with van der Waals surface area (Å²) < 4.78 is 18.4. The number of methoxy groups -OCH3 is 1. The number of ether oxygens (including phenoxy) is 3. The van der Waals surface area contributed by atoms with Crippen LogP contribution in [-0.4, -0.2) is 42.8 Å². The van der Waals surface area contributed by atoms with E-state index in [9.17, 15) is 14.4 Å². The van der Waals surface area contributed by atoms with Crippen LogP contribution in [0.3, 0.4) is 0 Å². The van der Waals surface area contributed by atoms with E-state index in [1.54, 1.807) is 27.7 Å². The molecule has 2 N–H and O–H groups in total. The maximum Gasteiger partial charge on any atom is 0.340 e. The van der Waals surface area contributed by atoms with E-state index in [1.807, 2.05) is 19.1 Å². The van der Waals surface area contributed by atoms with Gasteiger partial charge in [0.05, 0.1) is 25.3 Å². The average Bonchev–Trinajstić information content (AvgIpc) is 3.48. The molecular weight excluding hydrogens is 462 g/mol. The van der Waals surface area contributed by atoms with Crippen molar-refractivity contribution in [2.75, 3.05) is 25.2 Å². The summed E-state index contributed by atoms with van der Waals surface area (Å²) in [5.74, 6) is -0.856. The average molecular weight is 492 g/mol. The van der Waals surface area contributed by atoms with Gasteiger partial charge < -0.3 is 29.4 Å². The highest BCUT2D eigenvalue weighted by atomic mass is 16.5. The SMILES string of the molecule is COC(=O)C1=C(N)Oc2cc(C)n(CC3CCCO3)c(=O)c2C12C(=O)N(CC1CC1)c1ccccc12. The Morgan fingerprint density at radius 3 is 2.67 bits per heavy atom. The molecule has 1 aromatic heterocycles. The minimum atomic E-state index is -1.76. The number of carbonyl (C=O) groups excluding carboxylic acids is 2. The van der Waals surface area contributed by atoms with E-state index < -0.39 is 16.9 Å². The maximum absolute atomic E-state index is 14.5. The van der Waals surface area contributed by atoms with E-state index in [4.69, 9.17) is 19.9 Å². The Balaban J connectivity index is 1.65. The molecule has 2 atom stereocenters. The lowest BCUT2D eigenvalue weighted by Crippen LogP contribution is -2.52. The Bertz CT molecular complexity index is 1370.